The van der Waals surface area contributed by atoms with E-state index in [-0.39, 0.29) is 22.1 Å². The lowest BCUT2D eigenvalue weighted by Crippen LogP contribution is -2.45. The van der Waals surface area contributed by atoms with Crippen LogP contribution in [-0.4, -0.2) is 27.5 Å². The first-order valence-corrected chi connectivity index (χ1v) is 12.2. The van der Waals surface area contributed by atoms with E-state index in [0.29, 0.717) is 17.2 Å². The van der Waals surface area contributed by atoms with Crippen LogP contribution < -0.4 is 14.8 Å². The largest absolute Gasteiger partial charge is 0.495 e. The Morgan fingerprint density at radius 2 is 1.74 bits per heavy atom. The van der Waals surface area contributed by atoms with Crippen LogP contribution in [0.4, 0.5) is 18.9 Å². The highest BCUT2D eigenvalue weighted by Gasteiger charge is 2.35. The topological polar surface area (TPSA) is 84.5 Å². The van der Waals surface area contributed by atoms with Gasteiger partial charge in [-0.2, -0.15) is 17.9 Å². The fourth-order valence-corrected chi connectivity index (χ4v) is 4.98. The van der Waals surface area contributed by atoms with Crippen LogP contribution in [0.2, 0.25) is 5.02 Å². The summed E-state index contributed by atoms with van der Waals surface area (Å²) in [5.41, 5.74) is -0.470. The molecule has 1 atom stereocenters. The second kappa shape index (κ2) is 10.7. The molecule has 2 N–H and O–H groups in total. The summed E-state index contributed by atoms with van der Waals surface area (Å²) in [5, 5.41) is 2.04. The number of hydrogen-bond donors (Lipinski definition) is 2. The minimum atomic E-state index is -4.79. The van der Waals surface area contributed by atoms with Gasteiger partial charge in [0.2, 0.25) is 15.9 Å². The normalized spacial score (nSPS) is 12.7. The number of anilines is 1. The highest BCUT2D eigenvalue weighted by Crippen LogP contribution is 2.36. The molecule has 0 saturated heterocycles. The van der Waals surface area contributed by atoms with Crippen molar-refractivity contribution < 1.29 is 31.1 Å². The van der Waals surface area contributed by atoms with Crippen molar-refractivity contribution in [2.75, 3.05) is 12.4 Å². The number of halogens is 4. The third-order valence-electron chi connectivity index (χ3n) is 5.05. The van der Waals surface area contributed by atoms with E-state index < -0.39 is 39.4 Å². The molecular formula is C24H22ClF3N2O4S. The second-order valence-corrected chi connectivity index (χ2v) is 9.81. The predicted octanol–water partition coefficient (Wildman–Crippen LogP) is 5.20. The van der Waals surface area contributed by atoms with Gasteiger partial charge in [-0.1, -0.05) is 48.0 Å². The van der Waals surface area contributed by atoms with Crippen LogP contribution >= 0.6 is 11.6 Å². The highest BCUT2D eigenvalue weighted by atomic mass is 35.5. The molecule has 0 aliphatic rings. The lowest BCUT2D eigenvalue weighted by Gasteiger charge is -2.21. The summed E-state index contributed by atoms with van der Waals surface area (Å²) in [6, 6.07) is 14.4. The monoisotopic (exact) mass is 526 g/mol. The van der Waals surface area contributed by atoms with Crippen LogP contribution in [0.15, 0.2) is 71.6 Å². The number of hydrogen-bond acceptors (Lipinski definition) is 4. The Morgan fingerprint density at radius 1 is 1.06 bits per heavy atom. The van der Waals surface area contributed by atoms with Crippen molar-refractivity contribution in [2.24, 2.45) is 0 Å². The zero-order chi connectivity index (χ0) is 25.8. The standard InChI is InChI=1S/C24H22ClF3N2O4S/c1-15-8-11-21(34-2)22(12-15)35(32,33)30-20(13-16-6-4-3-5-7-16)23(31)29-19-10-9-17(25)14-18(19)24(26,27)28/h3-12,14,20,30H,13H2,1-2H3,(H,29,31). The maximum absolute atomic E-state index is 13.5. The summed E-state index contributed by atoms with van der Waals surface area (Å²) >= 11 is 5.71. The van der Waals surface area contributed by atoms with Gasteiger partial charge in [0.25, 0.3) is 0 Å². The summed E-state index contributed by atoms with van der Waals surface area (Å²) < 4.78 is 74.4. The van der Waals surface area contributed by atoms with Crippen LogP contribution in [-0.2, 0) is 27.4 Å². The molecule has 0 radical (unpaired) electrons. The molecule has 11 heteroatoms. The summed E-state index contributed by atoms with van der Waals surface area (Å²) in [4.78, 5) is 12.9. The number of sulfonamides is 1. The molecule has 3 aromatic carbocycles. The first-order valence-electron chi connectivity index (χ1n) is 10.3. The Labute approximate surface area is 206 Å². The lowest BCUT2D eigenvalue weighted by atomic mass is 10.1. The fourth-order valence-electron chi connectivity index (χ4n) is 3.36. The van der Waals surface area contributed by atoms with Crippen LogP contribution in [0.25, 0.3) is 0 Å². The van der Waals surface area contributed by atoms with E-state index in [0.717, 1.165) is 6.07 Å². The van der Waals surface area contributed by atoms with Crippen molar-refractivity contribution >= 4 is 33.2 Å². The number of aryl methyl sites for hydroxylation is 1. The molecule has 3 rings (SSSR count). The summed E-state index contributed by atoms with van der Waals surface area (Å²) in [5.74, 6) is -0.920. The quantitative estimate of drug-likeness (QED) is 0.422. The molecule has 6 nitrogen and oxygen atoms in total. The number of carbonyl (C=O) groups is 1. The lowest BCUT2D eigenvalue weighted by molar-refractivity contribution is -0.137. The third-order valence-corrected chi connectivity index (χ3v) is 6.78. The van der Waals surface area contributed by atoms with E-state index >= 15 is 0 Å². The van der Waals surface area contributed by atoms with Gasteiger partial charge in [-0.15, -0.1) is 0 Å². The Morgan fingerprint density at radius 3 is 2.37 bits per heavy atom. The molecule has 0 aromatic heterocycles. The Bertz CT molecular complexity index is 1320. The molecule has 3 aromatic rings. The molecule has 35 heavy (non-hydrogen) atoms. The third kappa shape index (κ3) is 6.74. The van der Waals surface area contributed by atoms with E-state index in [1.54, 1.807) is 43.3 Å². The fraction of sp³-hybridized carbons (Fsp3) is 0.208. The minimum absolute atomic E-state index is 0.0547. The number of carbonyl (C=O) groups excluding carboxylic acids is 1. The highest BCUT2D eigenvalue weighted by molar-refractivity contribution is 7.89. The van der Waals surface area contributed by atoms with Crippen molar-refractivity contribution in [3.63, 3.8) is 0 Å². The Kier molecular flexibility index (Phi) is 8.09. The van der Waals surface area contributed by atoms with Gasteiger partial charge < -0.3 is 10.1 Å². The van der Waals surface area contributed by atoms with Gasteiger partial charge in [0.15, 0.2) is 0 Å². The van der Waals surface area contributed by atoms with E-state index in [1.165, 1.54) is 25.3 Å². The van der Waals surface area contributed by atoms with Gasteiger partial charge in [0.1, 0.15) is 16.7 Å². The molecule has 0 heterocycles. The number of nitrogens with one attached hydrogen (secondary N) is 2. The van der Waals surface area contributed by atoms with Crippen LogP contribution in [0.5, 0.6) is 5.75 Å². The summed E-state index contributed by atoms with van der Waals surface area (Å²) in [7, 11) is -3.00. The molecule has 0 fully saturated rings. The first kappa shape index (κ1) is 26.5. The molecule has 0 spiro atoms. The summed E-state index contributed by atoms with van der Waals surface area (Å²) in [6.07, 6.45) is -4.91. The van der Waals surface area contributed by atoms with E-state index in [4.69, 9.17) is 16.3 Å². The van der Waals surface area contributed by atoms with Crippen LogP contribution in [0.3, 0.4) is 0 Å². The van der Waals surface area contributed by atoms with Crippen molar-refractivity contribution in [3.8, 4) is 5.75 Å². The molecule has 0 bridgehead atoms. The van der Waals surface area contributed by atoms with Crippen molar-refractivity contribution in [2.45, 2.75) is 30.5 Å². The zero-order valence-corrected chi connectivity index (χ0v) is 20.3. The van der Waals surface area contributed by atoms with Gasteiger partial charge in [0, 0.05) is 5.02 Å². The van der Waals surface area contributed by atoms with Crippen molar-refractivity contribution in [1.82, 2.24) is 4.72 Å². The predicted molar refractivity (Wildman–Crippen MR) is 127 cm³/mol. The second-order valence-electron chi connectivity index (χ2n) is 7.69. The van der Waals surface area contributed by atoms with Gasteiger partial charge >= 0.3 is 6.18 Å². The zero-order valence-electron chi connectivity index (χ0n) is 18.7. The number of amides is 1. The Balaban J connectivity index is 1.98. The van der Waals surface area contributed by atoms with Gasteiger partial charge in [0.05, 0.1) is 18.4 Å². The molecule has 0 aliphatic carbocycles. The molecule has 1 unspecified atom stereocenters. The Hall–Kier alpha value is -3.08. The maximum Gasteiger partial charge on any atom is 0.418 e. The van der Waals surface area contributed by atoms with Gasteiger partial charge in [-0.3, -0.25) is 4.79 Å². The first-order chi connectivity index (χ1) is 16.4. The van der Waals surface area contributed by atoms with Gasteiger partial charge in [-0.05, 0) is 54.8 Å². The molecule has 1 amide bonds. The van der Waals surface area contributed by atoms with Crippen LogP contribution in [0, 0.1) is 6.92 Å². The molecule has 0 aliphatic heterocycles. The van der Waals surface area contributed by atoms with Gasteiger partial charge in [-0.25, -0.2) is 8.42 Å². The van der Waals surface area contributed by atoms with E-state index in [1.807, 2.05) is 0 Å². The average Bonchev–Trinajstić information content (AvgIpc) is 2.79. The smallest absolute Gasteiger partial charge is 0.418 e. The van der Waals surface area contributed by atoms with E-state index in [9.17, 15) is 26.4 Å². The van der Waals surface area contributed by atoms with Crippen LogP contribution in [0.1, 0.15) is 16.7 Å². The number of alkyl halides is 3. The maximum atomic E-state index is 13.5. The molecular weight excluding hydrogens is 505 g/mol. The number of benzene rings is 3. The number of methoxy groups -OCH3 is 1. The molecule has 0 saturated carbocycles. The van der Waals surface area contributed by atoms with E-state index in [2.05, 4.69) is 10.0 Å². The minimum Gasteiger partial charge on any atom is -0.495 e. The number of ether oxygens (including phenoxy) is 1. The SMILES string of the molecule is COc1ccc(C)cc1S(=O)(=O)NC(Cc1ccccc1)C(=O)Nc1ccc(Cl)cc1C(F)(F)F. The summed E-state index contributed by atoms with van der Waals surface area (Å²) in [6.45, 7) is 1.69. The van der Waals surface area contributed by atoms with Crippen molar-refractivity contribution in [1.29, 1.82) is 0 Å². The molecule has 186 valence electrons. The number of rotatable bonds is 8. The van der Waals surface area contributed by atoms with Crippen molar-refractivity contribution in [3.05, 3.63) is 88.4 Å². The average molecular weight is 527 g/mol.